The minimum atomic E-state index is -3.69. The SMILES string of the molecule is CC(Cn1cccn1)NS(=O)(=O)c1ccc(N)cc1Cl. The first-order valence-electron chi connectivity index (χ1n) is 5.93. The Bertz CT molecular complexity index is 685. The Morgan fingerprint density at radius 3 is 2.85 bits per heavy atom. The number of halogens is 1. The van der Waals surface area contributed by atoms with E-state index in [1.807, 2.05) is 0 Å². The van der Waals surface area contributed by atoms with Crippen molar-refractivity contribution in [2.75, 3.05) is 5.73 Å². The predicted molar refractivity (Wildman–Crippen MR) is 77.9 cm³/mol. The molecule has 2 rings (SSSR count). The second-order valence-electron chi connectivity index (χ2n) is 4.44. The monoisotopic (exact) mass is 314 g/mol. The lowest BCUT2D eigenvalue weighted by Crippen LogP contribution is -2.35. The third kappa shape index (κ3) is 3.50. The zero-order valence-electron chi connectivity index (χ0n) is 10.8. The number of anilines is 1. The molecule has 0 bridgehead atoms. The van der Waals surface area contributed by atoms with E-state index in [0.29, 0.717) is 12.2 Å². The fraction of sp³-hybridized carbons (Fsp3) is 0.250. The van der Waals surface area contributed by atoms with Crippen LogP contribution in [-0.4, -0.2) is 24.2 Å². The summed E-state index contributed by atoms with van der Waals surface area (Å²) < 4.78 is 28.7. The van der Waals surface area contributed by atoms with Crippen LogP contribution in [0.15, 0.2) is 41.6 Å². The molecule has 0 aliphatic carbocycles. The van der Waals surface area contributed by atoms with Crippen LogP contribution in [0.1, 0.15) is 6.92 Å². The highest BCUT2D eigenvalue weighted by atomic mass is 35.5. The Balaban J connectivity index is 2.14. The predicted octanol–water partition coefficient (Wildman–Crippen LogP) is 1.49. The van der Waals surface area contributed by atoms with E-state index in [0.717, 1.165) is 0 Å². The van der Waals surface area contributed by atoms with Crippen LogP contribution in [0, 0.1) is 0 Å². The van der Waals surface area contributed by atoms with E-state index in [4.69, 9.17) is 17.3 Å². The topological polar surface area (TPSA) is 90.0 Å². The lowest BCUT2D eigenvalue weighted by molar-refractivity contribution is 0.494. The molecule has 2 aromatic rings. The first-order chi connectivity index (χ1) is 9.38. The average molecular weight is 315 g/mol. The van der Waals surface area contributed by atoms with E-state index in [9.17, 15) is 8.42 Å². The largest absolute Gasteiger partial charge is 0.399 e. The quantitative estimate of drug-likeness (QED) is 0.818. The summed E-state index contributed by atoms with van der Waals surface area (Å²) in [7, 11) is -3.69. The number of aromatic nitrogens is 2. The number of nitrogens with two attached hydrogens (primary N) is 1. The highest BCUT2D eigenvalue weighted by Gasteiger charge is 2.20. The van der Waals surface area contributed by atoms with Gasteiger partial charge in [0, 0.05) is 24.1 Å². The molecular weight excluding hydrogens is 300 g/mol. The fourth-order valence-electron chi connectivity index (χ4n) is 1.79. The molecule has 0 saturated carbocycles. The van der Waals surface area contributed by atoms with Gasteiger partial charge in [-0.05, 0) is 31.2 Å². The Hall–Kier alpha value is -1.57. The third-order valence-electron chi connectivity index (χ3n) is 2.62. The maximum absolute atomic E-state index is 12.2. The number of sulfonamides is 1. The molecule has 1 aromatic heterocycles. The van der Waals surface area contributed by atoms with Gasteiger partial charge in [0.05, 0.1) is 11.6 Å². The van der Waals surface area contributed by atoms with Crippen LogP contribution in [0.5, 0.6) is 0 Å². The van der Waals surface area contributed by atoms with E-state index < -0.39 is 10.0 Å². The van der Waals surface area contributed by atoms with E-state index >= 15 is 0 Å². The molecule has 108 valence electrons. The molecule has 1 heterocycles. The molecule has 0 spiro atoms. The number of benzene rings is 1. The standard InChI is InChI=1S/C12H15ClN4O2S/c1-9(8-17-6-2-5-15-17)16-20(18,19)12-4-3-10(14)7-11(12)13/h2-7,9,16H,8,14H2,1H3. The van der Waals surface area contributed by atoms with Gasteiger partial charge in [0.1, 0.15) is 4.90 Å². The number of rotatable bonds is 5. The lowest BCUT2D eigenvalue weighted by atomic mass is 10.3. The Morgan fingerprint density at radius 1 is 1.50 bits per heavy atom. The highest BCUT2D eigenvalue weighted by molar-refractivity contribution is 7.89. The third-order valence-corrected chi connectivity index (χ3v) is 4.69. The van der Waals surface area contributed by atoms with Gasteiger partial charge < -0.3 is 5.73 Å². The Morgan fingerprint density at radius 2 is 2.25 bits per heavy atom. The maximum Gasteiger partial charge on any atom is 0.242 e. The summed E-state index contributed by atoms with van der Waals surface area (Å²) in [5.41, 5.74) is 5.97. The molecule has 8 heteroatoms. The summed E-state index contributed by atoms with van der Waals surface area (Å²) in [6, 6.07) is 5.75. The van der Waals surface area contributed by atoms with Gasteiger partial charge in [0.15, 0.2) is 0 Å². The molecule has 0 saturated heterocycles. The number of nitrogens with zero attached hydrogens (tertiary/aromatic N) is 2. The maximum atomic E-state index is 12.2. The molecule has 1 atom stereocenters. The van der Waals surface area contributed by atoms with Gasteiger partial charge in [-0.1, -0.05) is 11.6 Å². The van der Waals surface area contributed by atoms with Crippen molar-refractivity contribution in [2.24, 2.45) is 0 Å². The number of nitrogens with one attached hydrogen (secondary N) is 1. The second-order valence-corrected chi connectivity index (χ2v) is 6.53. The first kappa shape index (κ1) is 14.8. The van der Waals surface area contributed by atoms with Crippen molar-refractivity contribution in [1.29, 1.82) is 0 Å². The zero-order chi connectivity index (χ0) is 14.8. The number of hydrogen-bond acceptors (Lipinski definition) is 4. The Labute approximate surface area is 122 Å². The number of nitrogen functional groups attached to an aromatic ring is 1. The Kier molecular flexibility index (Phi) is 4.32. The minimum Gasteiger partial charge on any atom is -0.399 e. The van der Waals surface area contributed by atoms with Gasteiger partial charge in [-0.3, -0.25) is 4.68 Å². The van der Waals surface area contributed by atoms with E-state index in [1.165, 1.54) is 18.2 Å². The van der Waals surface area contributed by atoms with Gasteiger partial charge in [-0.2, -0.15) is 5.10 Å². The molecular formula is C12H15ClN4O2S. The molecule has 20 heavy (non-hydrogen) atoms. The normalized spacial score (nSPS) is 13.3. The summed E-state index contributed by atoms with van der Waals surface area (Å²) in [5.74, 6) is 0. The van der Waals surface area contributed by atoms with Crippen LogP contribution in [0.3, 0.4) is 0 Å². The van der Waals surface area contributed by atoms with Crippen LogP contribution >= 0.6 is 11.6 Å². The van der Waals surface area contributed by atoms with Gasteiger partial charge in [-0.25, -0.2) is 13.1 Å². The summed E-state index contributed by atoms with van der Waals surface area (Å²) >= 11 is 5.92. The van der Waals surface area contributed by atoms with E-state index in [1.54, 1.807) is 30.1 Å². The highest BCUT2D eigenvalue weighted by Crippen LogP contribution is 2.23. The van der Waals surface area contributed by atoms with Gasteiger partial charge in [0.25, 0.3) is 0 Å². The van der Waals surface area contributed by atoms with Gasteiger partial charge in [-0.15, -0.1) is 0 Å². The minimum absolute atomic E-state index is 0.0145. The van der Waals surface area contributed by atoms with Gasteiger partial charge in [0.2, 0.25) is 10.0 Å². The summed E-state index contributed by atoms with van der Waals surface area (Å²) in [6.45, 7) is 2.18. The van der Waals surface area contributed by atoms with Crippen molar-refractivity contribution in [1.82, 2.24) is 14.5 Å². The summed E-state index contributed by atoms with van der Waals surface area (Å²) in [4.78, 5) is 0.0145. The molecule has 0 fully saturated rings. The molecule has 6 nitrogen and oxygen atoms in total. The van der Waals surface area contributed by atoms with Crippen molar-refractivity contribution in [2.45, 2.75) is 24.4 Å². The fourth-order valence-corrected chi connectivity index (χ4v) is 3.58. The van der Waals surface area contributed by atoms with Crippen LogP contribution in [0.2, 0.25) is 5.02 Å². The smallest absolute Gasteiger partial charge is 0.242 e. The van der Waals surface area contributed by atoms with Crippen molar-refractivity contribution in [3.05, 3.63) is 41.7 Å². The van der Waals surface area contributed by atoms with Crippen LogP contribution in [0.4, 0.5) is 5.69 Å². The molecule has 1 unspecified atom stereocenters. The molecule has 0 amide bonds. The lowest BCUT2D eigenvalue weighted by Gasteiger charge is -2.15. The van der Waals surface area contributed by atoms with Crippen molar-refractivity contribution in [3.8, 4) is 0 Å². The summed E-state index contributed by atoms with van der Waals surface area (Å²) in [6.07, 6.45) is 3.40. The number of hydrogen-bond donors (Lipinski definition) is 2. The van der Waals surface area contributed by atoms with E-state index in [2.05, 4.69) is 9.82 Å². The van der Waals surface area contributed by atoms with E-state index in [-0.39, 0.29) is 16.0 Å². The second kappa shape index (κ2) is 5.82. The van der Waals surface area contributed by atoms with Crippen molar-refractivity contribution < 1.29 is 8.42 Å². The van der Waals surface area contributed by atoms with Crippen molar-refractivity contribution >= 4 is 27.3 Å². The van der Waals surface area contributed by atoms with Crippen molar-refractivity contribution in [3.63, 3.8) is 0 Å². The molecule has 0 aliphatic heterocycles. The first-order valence-corrected chi connectivity index (χ1v) is 7.79. The summed E-state index contributed by atoms with van der Waals surface area (Å²) in [5, 5.41) is 4.13. The zero-order valence-corrected chi connectivity index (χ0v) is 12.4. The van der Waals surface area contributed by atoms with Crippen LogP contribution in [-0.2, 0) is 16.6 Å². The average Bonchev–Trinajstić information content (AvgIpc) is 2.79. The van der Waals surface area contributed by atoms with Crippen LogP contribution < -0.4 is 10.5 Å². The molecule has 3 N–H and O–H groups in total. The molecule has 1 aromatic carbocycles. The van der Waals surface area contributed by atoms with Crippen LogP contribution in [0.25, 0.3) is 0 Å². The molecule has 0 aliphatic rings. The molecule has 0 radical (unpaired) electrons. The van der Waals surface area contributed by atoms with Gasteiger partial charge >= 0.3 is 0 Å².